The lowest BCUT2D eigenvalue weighted by atomic mass is 9.34. The number of ether oxygens (including phenoxy) is 2. The van der Waals surface area contributed by atoms with Gasteiger partial charge in [0.1, 0.15) is 23.0 Å². The summed E-state index contributed by atoms with van der Waals surface area (Å²) in [6.07, 6.45) is 6.89. The van der Waals surface area contributed by atoms with Crippen LogP contribution in [0.5, 0.6) is 23.0 Å². The third kappa shape index (κ3) is 4.62. The Bertz CT molecular complexity index is 3600. The average molecular weight is 754 g/mol. The van der Waals surface area contributed by atoms with Gasteiger partial charge < -0.3 is 14.4 Å². The van der Waals surface area contributed by atoms with E-state index >= 15 is 0 Å². The molecule has 4 bridgehead atoms. The number of anilines is 3. The molecule has 0 N–H and O–H groups in total. The third-order valence-electron chi connectivity index (χ3n) is 14.0. The van der Waals surface area contributed by atoms with Crippen LogP contribution in [0.25, 0.3) is 21.9 Å². The zero-order valence-corrected chi connectivity index (χ0v) is 31.4. The first-order valence-electron chi connectivity index (χ1n) is 27.9. The summed E-state index contributed by atoms with van der Waals surface area (Å²) < 4.78 is 156. The molecule has 3 nitrogen and oxygen atoms in total. The Balaban J connectivity index is 1.03. The van der Waals surface area contributed by atoms with Crippen LogP contribution >= 0.6 is 0 Å². The van der Waals surface area contributed by atoms with E-state index in [4.69, 9.17) is 28.7 Å². The topological polar surface area (TPSA) is 21.7 Å². The van der Waals surface area contributed by atoms with Crippen molar-refractivity contribution in [2.45, 2.75) is 63.2 Å². The maximum absolute atomic E-state index is 9.85. The molecule has 0 amide bonds. The van der Waals surface area contributed by atoms with Crippen LogP contribution in [-0.4, -0.2) is 6.71 Å². The van der Waals surface area contributed by atoms with Crippen LogP contribution in [0.1, 0.15) is 91.0 Å². The van der Waals surface area contributed by atoms with Gasteiger partial charge in [0.05, 0.1) is 21.9 Å². The van der Waals surface area contributed by atoms with Crippen molar-refractivity contribution in [1.29, 1.82) is 0 Å². The summed E-state index contributed by atoms with van der Waals surface area (Å²) in [5, 5.41) is -0.170. The van der Waals surface area contributed by atoms with Crippen LogP contribution < -0.4 is 30.8 Å². The Hall–Kier alpha value is -5.74. The molecule has 0 radical (unpaired) electrons. The summed E-state index contributed by atoms with van der Waals surface area (Å²) in [7, 11) is 0. The predicted octanol–water partition coefficient (Wildman–Crippen LogP) is 11.8. The fourth-order valence-corrected chi connectivity index (χ4v) is 12.0. The molecule has 4 heteroatoms. The number of hydrogen-bond donors (Lipinski definition) is 0. The molecule has 0 aromatic heterocycles. The predicted molar refractivity (Wildman–Crippen MR) is 234 cm³/mol. The number of benzene rings is 7. The largest absolute Gasteiger partial charge is 0.458 e. The van der Waals surface area contributed by atoms with E-state index in [-0.39, 0.29) is 45.2 Å². The Kier molecular flexibility index (Phi) is 4.14. The molecule has 0 atom stereocenters. The smallest absolute Gasteiger partial charge is 0.260 e. The van der Waals surface area contributed by atoms with Gasteiger partial charge in [0, 0.05) is 27.9 Å². The lowest BCUT2D eigenvalue weighted by Gasteiger charge is -2.57. The van der Waals surface area contributed by atoms with E-state index in [0.29, 0.717) is 51.5 Å². The van der Waals surface area contributed by atoms with Gasteiger partial charge in [-0.1, -0.05) is 92.4 Å². The van der Waals surface area contributed by atoms with Crippen LogP contribution in [0.15, 0.2) is 139 Å². The van der Waals surface area contributed by atoms with E-state index in [2.05, 4.69) is 12.1 Å². The van der Waals surface area contributed by atoms with Gasteiger partial charge in [0.2, 0.25) is 0 Å². The highest BCUT2D eigenvalue weighted by Gasteiger charge is 2.53. The second kappa shape index (κ2) is 11.4. The summed E-state index contributed by atoms with van der Waals surface area (Å²) in [6.45, 7) is 3.22. The lowest BCUT2D eigenvalue weighted by molar-refractivity contribution is -0.00531. The fourth-order valence-electron chi connectivity index (χ4n) is 12.0. The highest BCUT2D eigenvalue weighted by molar-refractivity contribution is 6.98. The summed E-state index contributed by atoms with van der Waals surface area (Å²) in [5.41, 5.74) is 4.17. The Morgan fingerprint density at radius 3 is 1.81 bits per heavy atom. The van der Waals surface area contributed by atoms with E-state index < -0.39 is 108 Å². The van der Waals surface area contributed by atoms with Crippen LogP contribution in [0.3, 0.4) is 0 Å². The molecule has 0 spiro atoms. The van der Waals surface area contributed by atoms with Crippen molar-refractivity contribution in [1.82, 2.24) is 0 Å². The molecule has 7 aromatic carbocycles. The minimum absolute atomic E-state index is 0.0505. The number of rotatable bonds is 4. The van der Waals surface area contributed by atoms with Gasteiger partial charge in [0.25, 0.3) is 6.71 Å². The van der Waals surface area contributed by atoms with Gasteiger partial charge >= 0.3 is 0 Å². The molecular formula is C53H44BNO2. The minimum atomic E-state index is -0.868. The number of fused-ring (bicyclic) bond motifs is 8. The second-order valence-electron chi connectivity index (χ2n) is 17.5. The summed E-state index contributed by atoms with van der Waals surface area (Å²) >= 11 is 0. The van der Waals surface area contributed by atoms with Crippen LogP contribution in [0, 0.1) is 17.8 Å². The van der Waals surface area contributed by atoms with Crippen LogP contribution in [0.2, 0.25) is 0 Å². The molecule has 276 valence electrons. The zero-order chi connectivity index (χ0) is 51.5. The third-order valence-corrected chi connectivity index (χ3v) is 14.0. The first-order valence-corrected chi connectivity index (χ1v) is 19.9. The maximum Gasteiger partial charge on any atom is 0.260 e. The fraction of sp³-hybridized carbons (Fsp3) is 0.245. The van der Waals surface area contributed by atoms with Gasteiger partial charge in [-0.3, -0.25) is 0 Å². The van der Waals surface area contributed by atoms with Crippen molar-refractivity contribution in [2.75, 3.05) is 4.90 Å². The highest BCUT2D eigenvalue weighted by Crippen LogP contribution is 2.61. The van der Waals surface area contributed by atoms with Crippen LogP contribution in [0.4, 0.5) is 17.1 Å². The van der Waals surface area contributed by atoms with Crippen molar-refractivity contribution in [3.63, 3.8) is 0 Å². The van der Waals surface area contributed by atoms with Crippen molar-refractivity contribution < 1.29 is 31.4 Å². The average Bonchev–Trinajstić information content (AvgIpc) is 3.58. The molecular weight excluding hydrogens is 693 g/mol. The minimum Gasteiger partial charge on any atom is -0.458 e. The van der Waals surface area contributed by atoms with E-state index in [0.717, 1.165) is 46.4 Å². The van der Waals surface area contributed by atoms with E-state index in [1.165, 1.54) is 19.3 Å². The summed E-state index contributed by atoms with van der Waals surface area (Å²) in [5.74, 6) is 3.46. The van der Waals surface area contributed by atoms with Crippen molar-refractivity contribution in [3.05, 3.63) is 156 Å². The van der Waals surface area contributed by atoms with Gasteiger partial charge in [-0.2, -0.15) is 0 Å². The quantitative estimate of drug-likeness (QED) is 0.167. The van der Waals surface area contributed by atoms with Gasteiger partial charge in [-0.15, -0.1) is 0 Å². The van der Waals surface area contributed by atoms with E-state index in [1.54, 1.807) is 18.2 Å². The molecule has 57 heavy (non-hydrogen) atoms. The first kappa shape index (κ1) is 20.6. The number of hydrogen-bond acceptors (Lipinski definition) is 3. The van der Waals surface area contributed by atoms with E-state index in [9.17, 15) is 2.74 Å². The molecule has 14 rings (SSSR count). The number of para-hydroxylation sites is 2. The monoisotopic (exact) mass is 753 g/mol. The summed E-state index contributed by atoms with van der Waals surface area (Å²) in [4.78, 5) is 1.15. The van der Waals surface area contributed by atoms with Gasteiger partial charge in [-0.25, -0.2) is 0 Å². The lowest BCUT2D eigenvalue weighted by Crippen LogP contribution is -2.58. The standard InChI is InChI=1S/C53H44BNO2/c1-52(2)43-26-40(55(38-13-5-3-6-14-38)39-15-7-4-8-16-39)17-18-41(43)42-27-48-46(28-44(42)52)54-45-22-35-11-9-10-12-36(35)23-47(45)56-49-24-37(25-50(57-48)51(49)54)53-29-32-19-33(30-53)21-34(20-32)31-53/h3-18,22-28,32-34H,19-21,29-31H2,1-2H3/i3D,4D,5D,6D,7D,8D,9D,10D,11D,12D,13D,14D,15D,16D,22D,23D. The van der Waals surface area contributed by atoms with Crippen molar-refractivity contribution in [3.8, 4) is 34.1 Å². The van der Waals surface area contributed by atoms with Crippen molar-refractivity contribution in [2.24, 2.45) is 17.8 Å². The van der Waals surface area contributed by atoms with E-state index in [1.807, 2.05) is 26.0 Å². The Morgan fingerprint density at radius 1 is 0.579 bits per heavy atom. The molecule has 2 heterocycles. The van der Waals surface area contributed by atoms with Gasteiger partial charge in [-0.05, 0) is 172 Å². The molecule has 0 unspecified atom stereocenters. The molecule has 0 saturated heterocycles. The SMILES string of the molecule is [2H]c1c([2H])c([2H])c(N(c2ccc3c(c2)C(C)(C)c2cc4c(cc2-3)Oc2cc(C35CC6CC(CC(C6)C3)C5)cc3c2B4c2c(c([2H])c4c([2H])c([2H])c([2H])c([2H])c4c2[2H])O3)c2c([2H])c([2H])c([2H])c([2H])c2[2H])c([2H])c1[2H]. The zero-order valence-electron chi connectivity index (χ0n) is 47.4. The molecule has 7 aliphatic rings. The van der Waals surface area contributed by atoms with Crippen LogP contribution in [-0.2, 0) is 10.8 Å². The van der Waals surface area contributed by atoms with Crippen molar-refractivity contribution >= 4 is 50.9 Å². The maximum atomic E-state index is 9.85. The first-order chi connectivity index (χ1) is 34.5. The molecule has 5 aliphatic carbocycles. The molecule has 2 aliphatic heterocycles. The summed E-state index contributed by atoms with van der Waals surface area (Å²) in [6, 6.07) is 4.57. The highest BCUT2D eigenvalue weighted by atomic mass is 16.5. The normalized spacial score (nSPS) is 27.4. The Labute approximate surface area is 357 Å². The Morgan fingerprint density at radius 2 is 1.16 bits per heavy atom. The molecule has 7 aromatic rings. The molecule has 4 fully saturated rings. The van der Waals surface area contributed by atoms with Gasteiger partial charge in [0.15, 0.2) is 0 Å². The molecule has 4 saturated carbocycles. The second-order valence-corrected chi connectivity index (χ2v) is 17.5. The number of nitrogens with zero attached hydrogens (tertiary/aromatic N) is 1.